The number of ether oxygens (including phenoxy) is 1. The number of hydrogen-bond acceptors (Lipinski definition) is 5. The summed E-state index contributed by atoms with van der Waals surface area (Å²) in [7, 11) is 0. The molecule has 8 nitrogen and oxygen atoms in total. The minimum Gasteiger partial charge on any atom is -0.462 e. The van der Waals surface area contributed by atoms with E-state index >= 15 is 0 Å². The predicted octanol–water partition coefficient (Wildman–Crippen LogP) is 0.651. The normalized spacial score (nSPS) is 15.8. The van der Waals surface area contributed by atoms with Crippen molar-refractivity contribution in [3.8, 4) is 0 Å². The van der Waals surface area contributed by atoms with Gasteiger partial charge in [-0.05, 0) is 39.5 Å². The fraction of sp³-hybridized carbons (Fsp3) is 0.611. The van der Waals surface area contributed by atoms with Gasteiger partial charge in [0.2, 0.25) is 5.88 Å². The third kappa shape index (κ3) is 5.08. The number of primary amides is 1. The minimum absolute atomic E-state index is 0.0340. The first kappa shape index (κ1) is 20.0. The molecular weight excluding hydrogens is 338 g/mol. The number of anilines is 1. The monoisotopic (exact) mass is 366 g/mol. The summed E-state index contributed by atoms with van der Waals surface area (Å²) in [6, 6.07) is 0. The Morgan fingerprint density at radius 2 is 1.73 bits per heavy atom. The summed E-state index contributed by atoms with van der Waals surface area (Å²) in [5, 5.41) is 2.60. The molecule has 1 saturated heterocycles. The van der Waals surface area contributed by atoms with Gasteiger partial charge in [0.05, 0.1) is 19.7 Å². The summed E-state index contributed by atoms with van der Waals surface area (Å²) in [4.78, 5) is 37.5. The van der Waals surface area contributed by atoms with E-state index in [0.717, 1.165) is 25.9 Å². The van der Waals surface area contributed by atoms with Crippen LogP contribution < -0.4 is 16.0 Å². The average Bonchev–Trinajstić information content (AvgIpc) is 2.86. The highest BCUT2D eigenvalue weighted by molar-refractivity contribution is 6.10. The Bertz CT molecular complexity index is 660. The Morgan fingerprint density at radius 1 is 1.12 bits per heavy atom. The smallest absolute Gasteiger partial charge is 0.342 e. The number of carbonyl (C=O) groups excluding carboxylic acids is 3. The molecule has 8 heteroatoms. The zero-order valence-electron chi connectivity index (χ0n) is 15.5. The number of likely N-dealkylation sites (tertiary alicyclic amines) is 1. The van der Waals surface area contributed by atoms with Crippen LogP contribution in [0.5, 0.6) is 0 Å². The molecule has 1 aliphatic heterocycles. The predicted molar refractivity (Wildman–Crippen MR) is 95.2 cm³/mol. The van der Waals surface area contributed by atoms with Crippen LogP contribution in [0.25, 0.3) is 0 Å². The zero-order valence-corrected chi connectivity index (χ0v) is 15.5. The van der Waals surface area contributed by atoms with Gasteiger partial charge in [0.1, 0.15) is 16.9 Å². The van der Waals surface area contributed by atoms with E-state index in [1.807, 2.05) is 0 Å². The highest BCUT2D eigenvalue weighted by atomic mass is 16.5. The van der Waals surface area contributed by atoms with Crippen molar-refractivity contribution in [1.29, 1.82) is 0 Å². The van der Waals surface area contributed by atoms with Crippen LogP contribution in [0.1, 0.15) is 65.5 Å². The van der Waals surface area contributed by atoms with Gasteiger partial charge in [0.25, 0.3) is 11.8 Å². The van der Waals surface area contributed by atoms with Crippen molar-refractivity contribution in [2.24, 2.45) is 5.73 Å². The number of carbonyl (C=O) groups is 3. The lowest BCUT2D eigenvalue weighted by molar-refractivity contribution is -0.892. The van der Waals surface area contributed by atoms with Gasteiger partial charge in [-0.3, -0.25) is 14.9 Å². The van der Waals surface area contributed by atoms with E-state index in [4.69, 9.17) is 14.9 Å². The van der Waals surface area contributed by atoms with E-state index in [-0.39, 0.29) is 41.8 Å². The van der Waals surface area contributed by atoms with Crippen LogP contribution in [0.2, 0.25) is 0 Å². The van der Waals surface area contributed by atoms with Gasteiger partial charge in [-0.1, -0.05) is 6.42 Å². The molecule has 0 aromatic carbocycles. The number of quaternary nitrogens is 1. The third-order valence-electron chi connectivity index (χ3n) is 4.53. The van der Waals surface area contributed by atoms with E-state index < -0.39 is 11.9 Å². The maximum absolute atomic E-state index is 12.4. The number of nitrogens with two attached hydrogens (primary N) is 1. The first-order chi connectivity index (χ1) is 12.4. The first-order valence-corrected chi connectivity index (χ1v) is 9.17. The molecule has 144 valence electrons. The lowest BCUT2D eigenvalue weighted by Gasteiger charge is -2.21. The van der Waals surface area contributed by atoms with Crippen molar-refractivity contribution in [2.75, 3.05) is 31.6 Å². The van der Waals surface area contributed by atoms with E-state index in [0.29, 0.717) is 0 Å². The molecule has 1 aromatic heterocycles. The summed E-state index contributed by atoms with van der Waals surface area (Å²) >= 11 is 0. The maximum Gasteiger partial charge on any atom is 0.342 e. The molecule has 2 heterocycles. The molecule has 0 atom stereocenters. The molecule has 0 aliphatic carbocycles. The van der Waals surface area contributed by atoms with Crippen molar-refractivity contribution in [2.45, 2.75) is 46.0 Å². The standard InChI is InChI=1S/C18H27N3O5/c1-3-25-18(24)14-12(2)26-17(15(14)16(19)23)20-13(22)11-21-9-7-5-4-6-8-10-21/h3-11H2,1-2H3,(H2,19,23)(H,20,22)/p+1. The van der Waals surface area contributed by atoms with E-state index in [9.17, 15) is 14.4 Å². The van der Waals surface area contributed by atoms with Crippen LogP contribution in [0, 0.1) is 6.92 Å². The topological polar surface area (TPSA) is 116 Å². The molecule has 1 aliphatic rings. The summed E-state index contributed by atoms with van der Waals surface area (Å²) < 4.78 is 10.4. The van der Waals surface area contributed by atoms with Crippen LogP contribution in [-0.4, -0.2) is 44.0 Å². The number of nitrogens with one attached hydrogen (secondary N) is 2. The fourth-order valence-corrected chi connectivity index (χ4v) is 3.30. The lowest BCUT2D eigenvalue weighted by atomic mass is 10.1. The van der Waals surface area contributed by atoms with Crippen LogP contribution in [0.3, 0.4) is 0 Å². The maximum atomic E-state index is 12.4. The quantitative estimate of drug-likeness (QED) is 0.639. The van der Waals surface area contributed by atoms with Crippen molar-refractivity contribution in [3.63, 3.8) is 0 Å². The molecule has 2 amide bonds. The Morgan fingerprint density at radius 3 is 2.31 bits per heavy atom. The second-order valence-electron chi connectivity index (χ2n) is 6.56. The summed E-state index contributed by atoms with van der Waals surface area (Å²) in [6.45, 7) is 5.51. The minimum atomic E-state index is -0.848. The van der Waals surface area contributed by atoms with Gasteiger partial charge in [0, 0.05) is 0 Å². The number of aryl methyl sites for hydroxylation is 1. The van der Waals surface area contributed by atoms with Crippen LogP contribution in [-0.2, 0) is 9.53 Å². The van der Waals surface area contributed by atoms with E-state index in [1.165, 1.54) is 31.1 Å². The van der Waals surface area contributed by atoms with Crippen molar-refractivity contribution >= 4 is 23.7 Å². The summed E-state index contributed by atoms with van der Waals surface area (Å²) in [5.74, 6) is -1.72. The van der Waals surface area contributed by atoms with Gasteiger partial charge in [0.15, 0.2) is 6.54 Å². The van der Waals surface area contributed by atoms with Crippen molar-refractivity contribution < 1.29 is 28.4 Å². The molecule has 2 rings (SSSR count). The van der Waals surface area contributed by atoms with Gasteiger partial charge >= 0.3 is 5.97 Å². The van der Waals surface area contributed by atoms with E-state index in [1.54, 1.807) is 6.92 Å². The number of rotatable bonds is 6. The second-order valence-corrected chi connectivity index (χ2v) is 6.56. The van der Waals surface area contributed by atoms with Crippen LogP contribution in [0.4, 0.5) is 5.88 Å². The average molecular weight is 366 g/mol. The van der Waals surface area contributed by atoms with Gasteiger partial charge in [-0.25, -0.2) is 4.79 Å². The van der Waals surface area contributed by atoms with E-state index in [2.05, 4.69) is 5.32 Å². The van der Waals surface area contributed by atoms with Crippen LogP contribution >= 0.6 is 0 Å². The molecule has 26 heavy (non-hydrogen) atoms. The number of amides is 2. The van der Waals surface area contributed by atoms with Gasteiger partial charge in [-0.2, -0.15) is 0 Å². The second kappa shape index (κ2) is 9.38. The fourth-order valence-electron chi connectivity index (χ4n) is 3.30. The zero-order chi connectivity index (χ0) is 19.1. The molecule has 1 fully saturated rings. The molecule has 1 aromatic rings. The Kier molecular flexibility index (Phi) is 7.20. The lowest BCUT2D eigenvalue weighted by Crippen LogP contribution is -3.13. The first-order valence-electron chi connectivity index (χ1n) is 9.17. The SMILES string of the molecule is CCOC(=O)c1c(C)oc(NC(=O)C[NH+]2CCCCCCC2)c1C(N)=O. The van der Waals surface area contributed by atoms with Crippen LogP contribution in [0.15, 0.2) is 4.42 Å². The number of hydrogen-bond donors (Lipinski definition) is 3. The summed E-state index contributed by atoms with van der Waals surface area (Å²) in [5.41, 5.74) is 5.22. The van der Waals surface area contributed by atoms with Crippen molar-refractivity contribution in [1.82, 2.24) is 0 Å². The number of furan rings is 1. The molecule has 0 bridgehead atoms. The molecule has 0 radical (unpaired) electrons. The third-order valence-corrected chi connectivity index (χ3v) is 4.53. The van der Waals surface area contributed by atoms with Crippen molar-refractivity contribution in [3.05, 3.63) is 16.9 Å². The Labute approximate surface area is 153 Å². The molecule has 0 saturated carbocycles. The molecule has 4 N–H and O–H groups in total. The van der Waals surface area contributed by atoms with Gasteiger partial charge in [-0.15, -0.1) is 0 Å². The molecular formula is C18H28N3O5+. The Balaban J connectivity index is 2.12. The van der Waals surface area contributed by atoms with Gasteiger partial charge < -0.3 is 19.8 Å². The molecule has 0 spiro atoms. The number of esters is 1. The highest BCUT2D eigenvalue weighted by Gasteiger charge is 2.29. The molecule has 0 unspecified atom stereocenters. The highest BCUT2D eigenvalue weighted by Crippen LogP contribution is 2.27. The Hall–Kier alpha value is -2.35. The largest absolute Gasteiger partial charge is 0.462 e. The summed E-state index contributed by atoms with van der Waals surface area (Å²) in [6.07, 6.45) is 5.84.